The molecule has 0 aliphatic heterocycles. The molecule has 0 radical (unpaired) electrons. The summed E-state index contributed by atoms with van der Waals surface area (Å²) in [5, 5.41) is 4.39. The van der Waals surface area contributed by atoms with E-state index in [1.165, 1.54) is 0 Å². The number of hydrogen-bond donors (Lipinski definition) is 2. The Kier molecular flexibility index (Phi) is 5.64. The normalized spacial score (nSPS) is 20.7. The first-order chi connectivity index (χ1) is 13.1. The minimum atomic E-state index is -1.72. The molecule has 0 spiro atoms. The zero-order valence-electron chi connectivity index (χ0n) is 17.5. The van der Waals surface area contributed by atoms with Gasteiger partial charge in [-0.1, -0.05) is 26.7 Å². The summed E-state index contributed by atoms with van der Waals surface area (Å²) in [4.78, 5) is 13.1. The third kappa shape index (κ3) is 4.29. The summed E-state index contributed by atoms with van der Waals surface area (Å²) in [5.41, 5.74) is 7.21. The second kappa shape index (κ2) is 7.68. The smallest absolute Gasteiger partial charge is 0.223 e. The van der Waals surface area contributed by atoms with Crippen LogP contribution in [-0.4, -0.2) is 35.4 Å². The average Bonchev–Trinajstić information content (AvgIpc) is 2.62. The van der Waals surface area contributed by atoms with Crippen molar-refractivity contribution in [3.05, 3.63) is 18.0 Å². The van der Waals surface area contributed by atoms with E-state index in [0.29, 0.717) is 40.4 Å². The molecule has 3 rings (SSSR count). The Morgan fingerprint density at radius 1 is 1.18 bits per heavy atom. The molecule has 0 unspecified atom stereocenters. The molecule has 2 heterocycles. The maximum Gasteiger partial charge on any atom is 0.223 e. The fraction of sp³-hybridized carbons (Fsp3) is 0.571. The Hall–Kier alpha value is -2.17. The highest BCUT2D eigenvalue weighted by Gasteiger charge is 2.39. The van der Waals surface area contributed by atoms with Gasteiger partial charge in [-0.3, -0.25) is 0 Å². The number of aromatic nitrogens is 3. The summed E-state index contributed by atoms with van der Waals surface area (Å²) in [6.45, 7) is 11.5. The van der Waals surface area contributed by atoms with Crippen LogP contribution in [0.5, 0.6) is 0 Å². The number of nitrogens with zero attached hydrogens (tertiary/aromatic N) is 3. The van der Waals surface area contributed by atoms with Crippen molar-refractivity contribution in [3.63, 3.8) is 0 Å². The van der Waals surface area contributed by atoms with Crippen molar-refractivity contribution in [1.82, 2.24) is 15.0 Å². The van der Waals surface area contributed by atoms with Gasteiger partial charge in [0.15, 0.2) is 8.32 Å². The zero-order valence-corrected chi connectivity index (χ0v) is 18.5. The average molecular weight is 398 g/mol. The van der Waals surface area contributed by atoms with E-state index < -0.39 is 8.32 Å². The van der Waals surface area contributed by atoms with Gasteiger partial charge < -0.3 is 15.5 Å². The lowest BCUT2D eigenvalue weighted by molar-refractivity contribution is 0.133. The molecule has 0 aromatic carbocycles. The van der Waals surface area contributed by atoms with E-state index in [1.807, 2.05) is 0 Å². The van der Waals surface area contributed by atoms with E-state index >= 15 is 0 Å². The van der Waals surface area contributed by atoms with Gasteiger partial charge in [-0.2, -0.15) is 0 Å². The molecule has 2 aromatic heterocycles. The largest absolute Gasteiger partial charge is 0.414 e. The Labute approximate surface area is 168 Å². The van der Waals surface area contributed by atoms with Crippen LogP contribution >= 0.6 is 0 Å². The number of fused-ring (bicyclic) bond motifs is 1. The molecule has 1 fully saturated rings. The van der Waals surface area contributed by atoms with Gasteiger partial charge in [0.05, 0.1) is 16.5 Å². The fourth-order valence-corrected chi connectivity index (χ4v) is 4.74. The standard InChI is InChI=1S/C21H31N5OSi/c1-7-14-12-23-19(22)17-13-24-20(26-18(14)17)25-15-8-10-16(11-9-15)27-28(5,6)21(2,3)4/h1,12-13,15-16H,8-11H2,2-6H3,(H2,22,23)(H,24,25,26). The van der Waals surface area contributed by atoms with E-state index in [2.05, 4.69) is 60.1 Å². The monoisotopic (exact) mass is 397 g/mol. The molecule has 1 aliphatic carbocycles. The number of hydrogen-bond acceptors (Lipinski definition) is 6. The Bertz CT molecular complexity index is 892. The first-order valence-electron chi connectivity index (χ1n) is 9.93. The lowest BCUT2D eigenvalue weighted by Crippen LogP contribution is -2.45. The summed E-state index contributed by atoms with van der Waals surface area (Å²) in [5.74, 6) is 3.60. The number of terminal acetylenes is 1. The van der Waals surface area contributed by atoms with Crippen LogP contribution in [0.1, 0.15) is 52.0 Å². The van der Waals surface area contributed by atoms with E-state index in [9.17, 15) is 0 Å². The molecule has 150 valence electrons. The highest BCUT2D eigenvalue weighted by molar-refractivity contribution is 6.74. The minimum absolute atomic E-state index is 0.243. The van der Waals surface area contributed by atoms with Crippen LogP contribution in [0.4, 0.5) is 11.8 Å². The Balaban J connectivity index is 1.65. The number of nitrogens with two attached hydrogens (primary N) is 1. The summed E-state index contributed by atoms with van der Waals surface area (Å²) >= 11 is 0. The molecular weight excluding hydrogens is 366 g/mol. The molecule has 0 saturated heterocycles. The van der Waals surface area contributed by atoms with Crippen molar-refractivity contribution in [2.24, 2.45) is 0 Å². The van der Waals surface area contributed by atoms with E-state index in [1.54, 1.807) is 12.4 Å². The number of rotatable bonds is 4. The molecule has 1 saturated carbocycles. The molecule has 3 N–H and O–H groups in total. The second-order valence-electron chi connectivity index (χ2n) is 9.15. The van der Waals surface area contributed by atoms with Gasteiger partial charge in [0, 0.05) is 24.5 Å². The maximum atomic E-state index is 6.58. The summed E-state index contributed by atoms with van der Waals surface area (Å²) in [6.07, 6.45) is 13.4. The van der Waals surface area contributed by atoms with Crippen molar-refractivity contribution in [2.45, 2.75) is 76.7 Å². The highest BCUT2D eigenvalue weighted by Crippen LogP contribution is 2.39. The predicted octanol–water partition coefficient (Wildman–Crippen LogP) is 4.33. The van der Waals surface area contributed by atoms with Crippen molar-refractivity contribution >= 4 is 31.0 Å². The Morgan fingerprint density at radius 2 is 1.86 bits per heavy atom. The molecule has 0 bridgehead atoms. The third-order valence-corrected chi connectivity index (χ3v) is 10.6. The van der Waals surface area contributed by atoms with Gasteiger partial charge in [0.25, 0.3) is 0 Å². The SMILES string of the molecule is C#Cc1cnc(N)c2cnc(NC3CCC(O[Si](C)(C)C(C)(C)C)CC3)nc12. The van der Waals surface area contributed by atoms with E-state index in [0.717, 1.165) is 25.7 Å². The number of anilines is 2. The fourth-order valence-electron chi connectivity index (χ4n) is 3.32. The first kappa shape index (κ1) is 20.6. The molecule has 28 heavy (non-hydrogen) atoms. The minimum Gasteiger partial charge on any atom is -0.414 e. The van der Waals surface area contributed by atoms with Crippen molar-refractivity contribution in [2.75, 3.05) is 11.1 Å². The van der Waals surface area contributed by atoms with Gasteiger partial charge in [0.2, 0.25) is 5.95 Å². The molecule has 0 atom stereocenters. The highest BCUT2D eigenvalue weighted by atomic mass is 28.4. The van der Waals surface area contributed by atoms with Crippen LogP contribution in [0.3, 0.4) is 0 Å². The lowest BCUT2D eigenvalue weighted by atomic mass is 9.93. The predicted molar refractivity (Wildman–Crippen MR) is 118 cm³/mol. The third-order valence-electron chi connectivity index (χ3n) is 6.08. The van der Waals surface area contributed by atoms with Crippen molar-refractivity contribution in [1.29, 1.82) is 0 Å². The molecule has 2 aromatic rings. The second-order valence-corrected chi connectivity index (χ2v) is 13.9. The van der Waals surface area contributed by atoms with Crippen LogP contribution in [0.15, 0.2) is 12.4 Å². The topological polar surface area (TPSA) is 86.0 Å². The molecule has 1 aliphatic rings. The number of nitrogen functional groups attached to an aromatic ring is 1. The van der Waals surface area contributed by atoms with Gasteiger partial charge in [0.1, 0.15) is 5.82 Å². The van der Waals surface area contributed by atoms with Crippen LogP contribution in [0.2, 0.25) is 18.1 Å². The van der Waals surface area contributed by atoms with Crippen LogP contribution < -0.4 is 11.1 Å². The van der Waals surface area contributed by atoms with Crippen molar-refractivity contribution in [3.8, 4) is 12.3 Å². The van der Waals surface area contributed by atoms with Gasteiger partial charge in [-0.05, 0) is 43.8 Å². The van der Waals surface area contributed by atoms with Gasteiger partial charge >= 0.3 is 0 Å². The maximum absolute atomic E-state index is 6.58. The van der Waals surface area contributed by atoms with E-state index in [-0.39, 0.29) is 5.04 Å². The lowest BCUT2D eigenvalue weighted by Gasteiger charge is -2.41. The van der Waals surface area contributed by atoms with E-state index in [4.69, 9.17) is 16.6 Å². The molecular formula is C21H31N5OSi. The van der Waals surface area contributed by atoms with Crippen LogP contribution in [-0.2, 0) is 4.43 Å². The summed E-state index contributed by atoms with van der Waals surface area (Å²) < 4.78 is 6.58. The molecule has 6 nitrogen and oxygen atoms in total. The van der Waals surface area contributed by atoms with Crippen LogP contribution in [0, 0.1) is 12.3 Å². The quantitative estimate of drug-likeness (QED) is 0.590. The summed E-state index contributed by atoms with van der Waals surface area (Å²) in [7, 11) is -1.72. The Morgan fingerprint density at radius 3 is 2.46 bits per heavy atom. The van der Waals surface area contributed by atoms with Gasteiger partial charge in [-0.15, -0.1) is 6.42 Å². The van der Waals surface area contributed by atoms with Crippen molar-refractivity contribution < 1.29 is 4.43 Å². The van der Waals surface area contributed by atoms with Gasteiger partial charge in [-0.25, -0.2) is 15.0 Å². The molecule has 0 amide bonds. The number of pyridine rings is 1. The first-order valence-corrected chi connectivity index (χ1v) is 12.8. The zero-order chi connectivity index (χ0) is 20.5. The van der Waals surface area contributed by atoms with Crippen LogP contribution in [0.25, 0.3) is 10.9 Å². The summed E-state index contributed by atoms with van der Waals surface area (Å²) in [6, 6.07) is 0.338. The molecule has 7 heteroatoms. The number of nitrogens with one attached hydrogen (secondary N) is 1.